The smallest absolute Gasteiger partial charge is 0.128 e. The average molecular weight is 277 g/mol. The number of fused-ring (bicyclic) bond motifs is 1. The number of aryl methyl sites for hydroxylation is 2. The van der Waals surface area contributed by atoms with Crippen LogP contribution in [0.25, 0.3) is 10.9 Å². The largest absolute Gasteiger partial charge is 0.366 e. The van der Waals surface area contributed by atoms with Gasteiger partial charge in [0.1, 0.15) is 5.82 Å². The van der Waals surface area contributed by atoms with Crippen LogP contribution in [0.15, 0.2) is 36.5 Å². The first-order chi connectivity index (χ1) is 10.2. The number of benzene rings is 1. The number of nitriles is 1. The zero-order chi connectivity index (χ0) is 14.8. The summed E-state index contributed by atoms with van der Waals surface area (Å²) in [5.41, 5.74) is 3.56. The molecule has 3 aromatic rings. The zero-order valence-electron chi connectivity index (χ0n) is 12.0. The van der Waals surface area contributed by atoms with E-state index in [1.165, 1.54) is 0 Å². The van der Waals surface area contributed by atoms with E-state index in [1.54, 1.807) is 10.7 Å². The number of rotatable bonds is 3. The molecule has 1 aromatic carbocycles. The molecule has 0 aliphatic rings. The standard InChI is InChI=1S/C16H15N5/c1-11-13(10-21(2)20-11)9-18-16-7-12(8-17)14-5-3-4-6-15(14)19-16/h3-7,10H,9H2,1-2H3,(H,18,19). The lowest BCUT2D eigenvalue weighted by Gasteiger charge is -2.07. The quantitative estimate of drug-likeness (QED) is 0.799. The Morgan fingerprint density at radius 2 is 2.14 bits per heavy atom. The first kappa shape index (κ1) is 13.1. The molecule has 3 rings (SSSR count). The Morgan fingerprint density at radius 1 is 1.33 bits per heavy atom. The molecule has 0 atom stereocenters. The third kappa shape index (κ3) is 2.56. The summed E-state index contributed by atoms with van der Waals surface area (Å²) in [5, 5.41) is 17.7. The SMILES string of the molecule is Cc1nn(C)cc1CNc1cc(C#N)c2ccccc2n1. The van der Waals surface area contributed by atoms with Crippen molar-refractivity contribution in [1.82, 2.24) is 14.8 Å². The maximum Gasteiger partial charge on any atom is 0.128 e. The van der Waals surface area contributed by atoms with Crippen LogP contribution in [0.1, 0.15) is 16.8 Å². The first-order valence-corrected chi connectivity index (χ1v) is 6.70. The van der Waals surface area contributed by atoms with Crippen LogP contribution in [0.2, 0.25) is 0 Å². The number of para-hydroxylation sites is 1. The molecule has 5 heteroatoms. The van der Waals surface area contributed by atoms with Crippen molar-refractivity contribution in [1.29, 1.82) is 5.26 Å². The molecule has 21 heavy (non-hydrogen) atoms. The molecule has 0 fully saturated rings. The lowest BCUT2D eigenvalue weighted by molar-refractivity contribution is 0.756. The van der Waals surface area contributed by atoms with Crippen LogP contribution >= 0.6 is 0 Å². The number of nitrogens with zero attached hydrogens (tertiary/aromatic N) is 4. The Bertz CT molecular complexity index is 841. The van der Waals surface area contributed by atoms with Crippen molar-refractivity contribution >= 4 is 16.7 Å². The van der Waals surface area contributed by atoms with E-state index < -0.39 is 0 Å². The Kier molecular flexibility index (Phi) is 3.28. The second-order valence-corrected chi connectivity index (χ2v) is 4.95. The predicted octanol–water partition coefficient (Wildman–Crippen LogP) is 2.76. The van der Waals surface area contributed by atoms with Gasteiger partial charge >= 0.3 is 0 Å². The van der Waals surface area contributed by atoms with Gasteiger partial charge in [0.05, 0.1) is 22.8 Å². The van der Waals surface area contributed by atoms with Gasteiger partial charge in [0.15, 0.2) is 0 Å². The molecule has 2 heterocycles. The van der Waals surface area contributed by atoms with Crippen LogP contribution in [0, 0.1) is 18.3 Å². The van der Waals surface area contributed by atoms with E-state index in [1.807, 2.05) is 44.4 Å². The van der Waals surface area contributed by atoms with Crippen molar-refractivity contribution < 1.29 is 0 Å². The fourth-order valence-corrected chi connectivity index (χ4v) is 2.37. The minimum atomic E-state index is 0.631. The summed E-state index contributed by atoms with van der Waals surface area (Å²) in [5.74, 6) is 0.702. The van der Waals surface area contributed by atoms with Gasteiger partial charge in [0, 0.05) is 30.7 Å². The molecule has 0 saturated carbocycles. The molecule has 5 nitrogen and oxygen atoms in total. The van der Waals surface area contributed by atoms with Crippen LogP contribution in [0.3, 0.4) is 0 Å². The highest BCUT2D eigenvalue weighted by Gasteiger charge is 2.07. The number of hydrogen-bond acceptors (Lipinski definition) is 4. The molecule has 104 valence electrons. The molecule has 0 spiro atoms. The normalized spacial score (nSPS) is 10.5. The molecule has 0 radical (unpaired) electrons. The van der Waals surface area contributed by atoms with Crippen LogP contribution in [-0.4, -0.2) is 14.8 Å². The number of hydrogen-bond donors (Lipinski definition) is 1. The van der Waals surface area contributed by atoms with Gasteiger partial charge < -0.3 is 5.32 Å². The molecule has 1 N–H and O–H groups in total. The number of anilines is 1. The summed E-state index contributed by atoms with van der Waals surface area (Å²) in [4.78, 5) is 4.55. The van der Waals surface area contributed by atoms with Gasteiger partial charge in [-0.15, -0.1) is 0 Å². The molecule has 0 unspecified atom stereocenters. The molecule has 0 aliphatic carbocycles. The van der Waals surface area contributed by atoms with E-state index in [0.29, 0.717) is 17.9 Å². The molecule has 0 aliphatic heterocycles. The summed E-state index contributed by atoms with van der Waals surface area (Å²) in [6.07, 6.45) is 1.98. The monoisotopic (exact) mass is 277 g/mol. The van der Waals surface area contributed by atoms with Gasteiger partial charge in [-0.1, -0.05) is 18.2 Å². The summed E-state index contributed by atoms with van der Waals surface area (Å²) in [7, 11) is 1.90. The lowest BCUT2D eigenvalue weighted by Crippen LogP contribution is -2.02. The Labute approximate surface area is 122 Å². The van der Waals surface area contributed by atoms with E-state index >= 15 is 0 Å². The molecule has 0 amide bonds. The van der Waals surface area contributed by atoms with Crippen LogP contribution < -0.4 is 5.32 Å². The summed E-state index contributed by atoms with van der Waals surface area (Å²) in [6, 6.07) is 11.7. The van der Waals surface area contributed by atoms with Gasteiger partial charge in [-0.05, 0) is 19.1 Å². The van der Waals surface area contributed by atoms with E-state index in [0.717, 1.165) is 22.2 Å². The topological polar surface area (TPSA) is 66.5 Å². The summed E-state index contributed by atoms with van der Waals surface area (Å²) in [6.45, 7) is 2.61. The maximum absolute atomic E-state index is 9.27. The summed E-state index contributed by atoms with van der Waals surface area (Å²) >= 11 is 0. The minimum absolute atomic E-state index is 0.631. The highest BCUT2D eigenvalue weighted by Crippen LogP contribution is 2.20. The van der Waals surface area contributed by atoms with Gasteiger partial charge in [0.25, 0.3) is 0 Å². The molecule has 0 bridgehead atoms. The second-order valence-electron chi connectivity index (χ2n) is 4.95. The number of nitrogens with one attached hydrogen (secondary N) is 1. The highest BCUT2D eigenvalue weighted by atomic mass is 15.3. The molecular weight excluding hydrogens is 262 g/mol. The number of pyridine rings is 1. The highest BCUT2D eigenvalue weighted by molar-refractivity contribution is 5.86. The van der Waals surface area contributed by atoms with Crippen molar-refractivity contribution in [2.45, 2.75) is 13.5 Å². The summed E-state index contributed by atoms with van der Waals surface area (Å²) < 4.78 is 1.79. The van der Waals surface area contributed by atoms with Gasteiger partial charge in [-0.25, -0.2) is 4.98 Å². The zero-order valence-corrected chi connectivity index (χ0v) is 12.0. The predicted molar refractivity (Wildman–Crippen MR) is 81.7 cm³/mol. The lowest BCUT2D eigenvalue weighted by atomic mass is 10.1. The molecule has 0 saturated heterocycles. The van der Waals surface area contributed by atoms with Gasteiger partial charge in [-0.2, -0.15) is 10.4 Å². The molecular formula is C16H15N5. The number of aromatic nitrogens is 3. The van der Waals surface area contributed by atoms with Crippen molar-refractivity contribution in [3.8, 4) is 6.07 Å². The van der Waals surface area contributed by atoms with Gasteiger partial charge in [-0.3, -0.25) is 4.68 Å². The third-order valence-corrected chi connectivity index (χ3v) is 3.41. The van der Waals surface area contributed by atoms with E-state index in [9.17, 15) is 5.26 Å². The van der Waals surface area contributed by atoms with Crippen LogP contribution in [0.4, 0.5) is 5.82 Å². The van der Waals surface area contributed by atoms with Crippen molar-refractivity contribution in [3.63, 3.8) is 0 Å². The van der Waals surface area contributed by atoms with Crippen molar-refractivity contribution in [2.24, 2.45) is 7.05 Å². The second kappa shape index (κ2) is 5.25. The van der Waals surface area contributed by atoms with E-state index in [-0.39, 0.29) is 0 Å². The molecule has 2 aromatic heterocycles. The fourth-order valence-electron chi connectivity index (χ4n) is 2.37. The average Bonchev–Trinajstić information content (AvgIpc) is 2.82. The van der Waals surface area contributed by atoms with E-state index in [2.05, 4.69) is 21.5 Å². The Morgan fingerprint density at radius 3 is 2.86 bits per heavy atom. The van der Waals surface area contributed by atoms with Crippen LogP contribution in [0.5, 0.6) is 0 Å². The maximum atomic E-state index is 9.27. The van der Waals surface area contributed by atoms with E-state index in [4.69, 9.17) is 0 Å². The Balaban J connectivity index is 1.91. The fraction of sp³-hybridized carbons (Fsp3) is 0.188. The third-order valence-electron chi connectivity index (χ3n) is 3.41. The van der Waals surface area contributed by atoms with Crippen LogP contribution in [-0.2, 0) is 13.6 Å². The first-order valence-electron chi connectivity index (χ1n) is 6.70. The minimum Gasteiger partial charge on any atom is -0.366 e. The Hall–Kier alpha value is -2.87. The van der Waals surface area contributed by atoms with Crippen molar-refractivity contribution in [3.05, 3.63) is 53.3 Å². The van der Waals surface area contributed by atoms with Gasteiger partial charge in [0.2, 0.25) is 0 Å². The van der Waals surface area contributed by atoms with Crippen molar-refractivity contribution in [2.75, 3.05) is 5.32 Å².